The number of aliphatic hydroxyl groups excluding tert-OH is 1. The monoisotopic (exact) mass is 616 g/mol. The molecule has 0 unspecified atom stereocenters. The normalized spacial score (nSPS) is 11.2. The molecule has 46 heavy (non-hydrogen) atoms. The Bertz CT molecular complexity index is 1930. The second-order valence-corrected chi connectivity index (χ2v) is 10.8. The molecule has 0 spiro atoms. The maximum Gasteiger partial charge on any atom is 0.227 e. The fraction of sp³-hybridized carbons (Fsp3) is 0.194. The Balaban J connectivity index is 1.34. The molecule has 0 radical (unpaired) electrons. The molecule has 3 aromatic heterocycles. The number of aromatic nitrogens is 4. The second-order valence-electron chi connectivity index (χ2n) is 10.8. The summed E-state index contributed by atoms with van der Waals surface area (Å²) in [6.45, 7) is 1.78. The number of imidazole rings is 1. The number of likely N-dealkylation sites (N-methyl/N-ethyl adjacent to an activating group) is 1. The third-order valence-corrected chi connectivity index (χ3v) is 7.55. The number of rotatable bonds is 13. The Morgan fingerprint density at radius 3 is 2.43 bits per heavy atom. The first-order chi connectivity index (χ1) is 22.6. The molecule has 6 rings (SSSR count). The minimum absolute atomic E-state index is 0.0998. The van der Waals surface area contributed by atoms with E-state index in [9.17, 15) is 5.11 Å². The molecular weight excluding hydrogens is 580 g/mol. The zero-order valence-corrected chi connectivity index (χ0v) is 26.1. The highest BCUT2D eigenvalue weighted by atomic mass is 16.5. The minimum atomic E-state index is 0.0998. The van der Waals surface area contributed by atoms with Gasteiger partial charge in [-0.1, -0.05) is 42.5 Å². The van der Waals surface area contributed by atoms with E-state index in [-0.39, 0.29) is 6.61 Å². The van der Waals surface area contributed by atoms with E-state index in [1.165, 1.54) is 0 Å². The Hall–Kier alpha value is -5.45. The lowest BCUT2D eigenvalue weighted by molar-refractivity contribution is 0.217. The molecule has 3 heterocycles. The van der Waals surface area contributed by atoms with Crippen LogP contribution < -0.4 is 19.5 Å². The smallest absolute Gasteiger partial charge is 0.227 e. The number of nitrogens with zero attached hydrogens (tertiary/aromatic N) is 5. The van der Waals surface area contributed by atoms with Gasteiger partial charge in [0, 0.05) is 31.0 Å². The number of anilines is 2. The molecular formula is C36H36N6O4. The Morgan fingerprint density at radius 2 is 1.63 bits per heavy atom. The van der Waals surface area contributed by atoms with Crippen LogP contribution in [0.4, 0.5) is 11.6 Å². The van der Waals surface area contributed by atoms with Crippen molar-refractivity contribution in [3.8, 4) is 39.9 Å². The number of hydrogen-bond acceptors (Lipinski definition) is 9. The van der Waals surface area contributed by atoms with Gasteiger partial charge in [0.05, 0.1) is 43.6 Å². The summed E-state index contributed by atoms with van der Waals surface area (Å²) in [7, 11) is 5.23. The molecule has 0 amide bonds. The lowest BCUT2D eigenvalue weighted by Crippen LogP contribution is -2.21. The molecule has 0 saturated heterocycles. The van der Waals surface area contributed by atoms with Crippen molar-refractivity contribution in [3.05, 3.63) is 115 Å². The fourth-order valence-electron chi connectivity index (χ4n) is 5.30. The van der Waals surface area contributed by atoms with Crippen LogP contribution in [0.3, 0.4) is 0 Å². The lowest BCUT2D eigenvalue weighted by atomic mass is 10.1. The van der Waals surface area contributed by atoms with Crippen molar-refractivity contribution in [1.29, 1.82) is 0 Å². The zero-order chi connectivity index (χ0) is 31.9. The molecule has 234 valence electrons. The van der Waals surface area contributed by atoms with Crippen molar-refractivity contribution in [2.45, 2.75) is 13.2 Å². The molecule has 10 nitrogen and oxygen atoms in total. The van der Waals surface area contributed by atoms with Crippen molar-refractivity contribution in [1.82, 2.24) is 24.3 Å². The predicted octanol–water partition coefficient (Wildman–Crippen LogP) is 6.22. The quantitative estimate of drug-likeness (QED) is 0.156. The maximum atomic E-state index is 9.30. The summed E-state index contributed by atoms with van der Waals surface area (Å²) in [5, 5.41) is 12.7. The van der Waals surface area contributed by atoms with Gasteiger partial charge in [0.1, 0.15) is 18.0 Å². The fourth-order valence-corrected chi connectivity index (χ4v) is 5.30. The molecule has 2 N–H and O–H groups in total. The first-order valence-corrected chi connectivity index (χ1v) is 14.9. The van der Waals surface area contributed by atoms with E-state index in [0.717, 1.165) is 39.4 Å². The highest BCUT2D eigenvalue weighted by Crippen LogP contribution is 2.38. The first-order valence-electron chi connectivity index (χ1n) is 14.9. The van der Waals surface area contributed by atoms with Gasteiger partial charge in [-0.3, -0.25) is 9.30 Å². The minimum Gasteiger partial charge on any atom is -0.495 e. The molecule has 0 atom stereocenters. The molecule has 3 aromatic carbocycles. The average molecular weight is 617 g/mol. The number of methoxy groups -OCH3 is 2. The van der Waals surface area contributed by atoms with Crippen LogP contribution in [0.2, 0.25) is 0 Å². The number of aliphatic hydroxyl groups is 1. The summed E-state index contributed by atoms with van der Waals surface area (Å²) >= 11 is 0. The van der Waals surface area contributed by atoms with E-state index < -0.39 is 0 Å². The van der Waals surface area contributed by atoms with Gasteiger partial charge in [-0.2, -0.15) is 0 Å². The van der Waals surface area contributed by atoms with Crippen molar-refractivity contribution < 1.29 is 19.3 Å². The standard InChI is InChI=1S/C36H36N6O4/c1-41(19-20-43)23-26-12-14-30(44-2)29(21-26)39-36-37-17-16-28(38-36)35-34(40-33-11-7-8-18-42(33)35)27-13-15-31(32(22-27)45-3)46-24-25-9-5-4-6-10-25/h4-18,21-22,43H,19-20,23-24H2,1-3H3,(H,37,38,39). The van der Waals surface area contributed by atoms with Gasteiger partial charge in [0.25, 0.3) is 0 Å². The molecule has 0 aliphatic rings. The van der Waals surface area contributed by atoms with Gasteiger partial charge >= 0.3 is 0 Å². The third kappa shape index (κ3) is 6.78. The number of ether oxygens (including phenoxy) is 3. The van der Waals surface area contributed by atoms with Gasteiger partial charge in [0.15, 0.2) is 11.5 Å². The Morgan fingerprint density at radius 1 is 0.826 bits per heavy atom. The van der Waals surface area contributed by atoms with Crippen molar-refractivity contribution in [2.75, 3.05) is 39.7 Å². The molecule has 0 saturated carbocycles. The van der Waals surface area contributed by atoms with Crippen LogP contribution in [0.5, 0.6) is 17.2 Å². The summed E-state index contributed by atoms with van der Waals surface area (Å²) in [6, 6.07) is 29.6. The van der Waals surface area contributed by atoms with Gasteiger partial charge < -0.3 is 24.6 Å². The highest BCUT2D eigenvalue weighted by Gasteiger charge is 2.20. The van der Waals surface area contributed by atoms with E-state index in [4.69, 9.17) is 24.2 Å². The van der Waals surface area contributed by atoms with E-state index in [2.05, 4.69) is 10.3 Å². The van der Waals surface area contributed by atoms with Gasteiger partial charge in [-0.05, 0) is 66.7 Å². The van der Waals surface area contributed by atoms with Crippen LogP contribution in [0.15, 0.2) is 103 Å². The van der Waals surface area contributed by atoms with Gasteiger partial charge in [-0.15, -0.1) is 0 Å². The van der Waals surface area contributed by atoms with E-state index in [0.29, 0.717) is 48.6 Å². The predicted molar refractivity (Wildman–Crippen MR) is 179 cm³/mol. The molecule has 10 heteroatoms. The number of fused-ring (bicyclic) bond motifs is 1. The summed E-state index contributed by atoms with van der Waals surface area (Å²) in [4.78, 5) is 16.5. The maximum absolute atomic E-state index is 9.30. The topological polar surface area (TPSA) is 106 Å². The van der Waals surface area contributed by atoms with Crippen LogP contribution >= 0.6 is 0 Å². The first kappa shape index (κ1) is 30.6. The SMILES string of the molecule is COc1ccc(CN(C)CCO)cc1Nc1nccc(-c2c(-c3ccc(OCc4ccccc4)c(OC)c3)nc3ccccn23)n1. The Labute approximate surface area is 267 Å². The van der Waals surface area contributed by atoms with Crippen LogP contribution in [-0.4, -0.2) is 63.8 Å². The van der Waals surface area contributed by atoms with Crippen molar-refractivity contribution >= 4 is 17.3 Å². The average Bonchev–Trinajstić information content (AvgIpc) is 3.48. The number of hydrogen-bond donors (Lipinski definition) is 2. The van der Waals surface area contributed by atoms with Crippen molar-refractivity contribution in [2.24, 2.45) is 0 Å². The van der Waals surface area contributed by atoms with Gasteiger partial charge in [0.2, 0.25) is 5.95 Å². The van der Waals surface area contributed by atoms with Crippen LogP contribution in [0.1, 0.15) is 11.1 Å². The van der Waals surface area contributed by atoms with Crippen LogP contribution in [0.25, 0.3) is 28.3 Å². The van der Waals surface area contributed by atoms with Crippen LogP contribution in [-0.2, 0) is 13.2 Å². The van der Waals surface area contributed by atoms with Crippen LogP contribution in [0, 0.1) is 0 Å². The number of pyridine rings is 1. The summed E-state index contributed by atoms with van der Waals surface area (Å²) < 4.78 is 19.5. The van der Waals surface area contributed by atoms with E-state index in [1.54, 1.807) is 20.4 Å². The molecule has 6 aromatic rings. The third-order valence-electron chi connectivity index (χ3n) is 7.55. The lowest BCUT2D eigenvalue weighted by Gasteiger charge is -2.17. The second kappa shape index (κ2) is 14.1. The summed E-state index contributed by atoms with van der Waals surface area (Å²) in [5.74, 6) is 2.33. The Kier molecular flexibility index (Phi) is 9.37. The summed E-state index contributed by atoms with van der Waals surface area (Å²) in [6.07, 6.45) is 3.70. The molecule has 0 fully saturated rings. The molecule has 0 bridgehead atoms. The molecule has 0 aliphatic carbocycles. The zero-order valence-electron chi connectivity index (χ0n) is 26.1. The van der Waals surface area contributed by atoms with E-state index >= 15 is 0 Å². The largest absolute Gasteiger partial charge is 0.495 e. The summed E-state index contributed by atoms with van der Waals surface area (Å²) in [5.41, 5.74) is 6.76. The molecule has 0 aliphatic heterocycles. The highest BCUT2D eigenvalue weighted by molar-refractivity contribution is 5.82. The number of nitrogens with one attached hydrogen (secondary N) is 1. The van der Waals surface area contributed by atoms with E-state index in [1.807, 2.05) is 114 Å². The van der Waals surface area contributed by atoms with Crippen molar-refractivity contribution in [3.63, 3.8) is 0 Å². The number of benzene rings is 3. The van der Waals surface area contributed by atoms with Gasteiger partial charge in [-0.25, -0.2) is 15.0 Å².